The lowest BCUT2D eigenvalue weighted by molar-refractivity contribution is -0.159. The second-order valence-corrected chi connectivity index (χ2v) is 4.78. The molecule has 1 aliphatic rings. The molecule has 0 bridgehead atoms. The van der Waals surface area contributed by atoms with Gasteiger partial charge in [0.25, 0.3) is 0 Å². The Kier molecular flexibility index (Phi) is 3.24. The lowest BCUT2D eigenvalue weighted by Crippen LogP contribution is -2.25. The Hall–Kier alpha value is -0.570. The molecular weight excluding hydrogens is 224 g/mol. The molecule has 2 nitrogen and oxygen atoms in total. The van der Waals surface area contributed by atoms with Gasteiger partial charge in [0.15, 0.2) is 5.79 Å². The van der Waals surface area contributed by atoms with Gasteiger partial charge >= 0.3 is 0 Å². The zero-order valence-electron chi connectivity index (χ0n) is 9.92. The highest BCUT2D eigenvalue weighted by molar-refractivity contribution is 6.18. The van der Waals surface area contributed by atoms with E-state index >= 15 is 0 Å². The van der Waals surface area contributed by atoms with Crippen LogP contribution in [0.3, 0.4) is 0 Å². The Bertz CT molecular complexity index is 392. The van der Waals surface area contributed by atoms with Crippen LogP contribution in [-0.4, -0.2) is 18.6 Å². The average molecular weight is 241 g/mol. The first-order chi connectivity index (χ1) is 7.55. The smallest absolute Gasteiger partial charge is 0.192 e. The summed E-state index contributed by atoms with van der Waals surface area (Å²) in [5, 5.41) is 0. The Labute approximate surface area is 102 Å². The van der Waals surface area contributed by atoms with Gasteiger partial charge in [0, 0.05) is 5.56 Å². The van der Waals surface area contributed by atoms with Gasteiger partial charge in [-0.3, -0.25) is 0 Å². The zero-order chi connectivity index (χ0) is 11.8. The van der Waals surface area contributed by atoms with E-state index in [4.69, 9.17) is 21.1 Å². The number of rotatable bonds is 2. The Morgan fingerprint density at radius 1 is 1.44 bits per heavy atom. The van der Waals surface area contributed by atoms with Crippen molar-refractivity contribution in [3.05, 3.63) is 34.9 Å². The van der Waals surface area contributed by atoms with E-state index in [9.17, 15) is 0 Å². The molecule has 1 heterocycles. The van der Waals surface area contributed by atoms with Crippen LogP contribution in [0.25, 0.3) is 0 Å². The quantitative estimate of drug-likeness (QED) is 0.740. The second-order valence-electron chi connectivity index (χ2n) is 4.47. The first-order valence-electron chi connectivity index (χ1n) is 5.50. The summed E-state index contributed by atoms with van der Waals surface area (Å²) in [6.45, 7) is 6.68. The highest BCUT2D eigenvalue weighted by Crippen LogP contribution is 2.36. The number of halogens is 1. The van der Waals surface area contributed by atoms with E-state index in [2.05, 4.69) is 32.0 Å². The summed E-state index contributed by atoms with van der Waals surface area (Å²) in [6, 6.07) is 6.29. The fourth-order valence-corrected chi connectivity index (χ4v) is 2.33. The monoisotopic (exact) mass is 240 g/mol. The van der Waals surface area contributed by atoms with Crippen LogP contribution in [0.15, 0.2) is 18.2 Å². The van der Waals surface area contributed by atoms with Gasteiger partial charge in [0.05, 0.1) is 18.6 Å². The zero-order valence-corrected chi connectivity index (χ0v) is 10.7. The molecule has 1 aliphatic heterocycles. The average Bonchev–Trinajstić information content (AvgIpc) is 2.61. The molecule has 2 rings (SSSR count). The van der Waals surface area contributed by atoms with Gasteiger partial charge < -0.3 is 9.47 Å². The molecule has 0 radical (unpaired) electrons. The van der Waals surface area contributed by atoms with E-state index in [0.717, 1.165) is 5.56 Å². The number of benzene rings is 1. The van der Waals surface area contributed by atoms with Gasteiger partial charge in [0.2, 0.25) is 0 Å². The molecule has 1 fully saturated rings. The Balaban J connectivity index is 2.30. The van der Waals surface area contributed by atoms with Gasteiger partial charge in [-0.15, -0.1) is 11.6 Å². The summed E-state index contributed by atoms with van der Waals surface area (Å²) in [6.07, 6.45) is -0.00707. The van der Waals surface area contributed by atoms with Crippen LogP contribution in [0.4, 0.5) is 0 Å². The second kappa shape index (κ2) is 4.36. The first kappa shape index (κ1) is 11.9. The third-order valence-corrected chi connectivity index (χ3v) is 3.32. The van der Waals surface area contributed by atoms with E-state index < -0.39 is 5.79 Å². The maximum atomic E-state index is 5.85. The molecule has 0 aliphatic carbocycles. The summed E-state index contributed by atoms with van der Waals surface area (Å²) in [5.74, 6) is -0.169. The summed E-state index contributed by atoms with van der Waals surface area (Å²) >= 11 is 5.78. The van der Waals surface area contributed by atoms with E-state index in [1.807, 2.05) is 6.92 Å². The molecule has 2 unspecified atom stereocenters. The minimum atomic E-state index is -0.642. The van der Waals surface area contributed by atoms with Crippen LogP contribution in [0, 0.1) is 13.8 Å². The summed E-state index contributed by atoms with van der Waals surface area (Å²) in [7, 11) is 0. The molecule has 0 saturated carbocycles. The predicted molar refractivity (Wildman–Crippen MR) is 64.8 cm³/mol. The molecular formula is C13H17ClO2. The van der Waals surface area contributed by atoms with Gasteiger partial charge in [-0.1, -0.05) is 23.8 Å². The van der Waals surface area contributed by atoms with Crippen molar-refractivity contribution in [2.75, 3.05) is 12.5 Å². The molecule has 0 spiro atoms. The van der Waals surface area contributed by atoms with E-state index in [-0.39, 0.29) is 6.10 Å². The Morgan fingerprint density at radius 2 is 2.19 bits per heavy atom. The van der Waals surface area contributed by atoms with Crippen LogP contribution < -0.4 is 0 Å². The van der Waals surface area contributed by atoms with Crippen molar-refractivity contribution in [3.63, 3.8) is 0 Å². The lowest BCUT2D eigenvalue weighted by atomic mass is 9.99. The minimum absolute atomic E-state index is 0.00707. The summed E-state index contributed by atoms with van der Waals surface area (Å²) in [5.41, 5.74) is 3.53. The van der Waals surface area contributed by atoms with Crippen LogP contribution in [0.2, 0.25) is 0 Å². The van der Waals surface area contributed by atoms with E-state index in [1.54, 1.807) is 0 Å². The van der Waals surface area contributed by atoms with Crippen molar-refractivity contribution in [3.8, 4) is 0 Å². The van der Waals surface area contributed by atoms with Gasteiger partial charge in [-0.2, -0.15) is 0 Å². The maximum absolute atomic E-state index is 5.85. The predicted octanol–water partition coefficient (Wildman–Crippen LogP) is 3.13. The largest absolute Gasteiger partial charge is 0.343 e. The van der Waals surface area contributed by atoms with Crippen LogP contribution in [0.5, 0.6) is 0 Å². The van der Waals surface area contributed by atoms with Gasteiger partial charge in [0.1, 0.15) is 0 Å². The number of hydrogen-bond acceptors (Lipinski definition) is 2. The van der Waals surface area contributed by atoms with Crippen LogP contribution in [0.1, 0.15) is 23.6 Å². The van der Waals surface area contributed by atoms with Gasteiger partial charge in [-0.05, 0) is 26.3 Å². The van der Waals surface area contributed by atoms with E-state index in [0.29, 0.717) is 12.5 Å². The molecule has 0 aromatic heterocycles. The minimum Gasteiger partial charge on any atom is -0.343 e. The van der Waals surface area contributed by atoms with Crippen molar-refractivity contribution in [1.82, 2.24) is 0 Å². The highest BCUT2D eigenvalue weighted by Gasteiger charge is 2.39. The molecule has 1 aromatic rings. The molecule has 1 aromatic carbocycles. The third-order valence-electron chi connectivity index (χ3n) is 2.98. The molecule has 1 saturated heterocycles. The molecule has 3 heteroatoms. The van der Waals surface area contributed by atoms with Crippen molar-refractivity contribution in [2.45, 2.75) is 32.7 Å². The lowest BCUT2D eigenvalue weighted by Gasteiger charge is -2.25. The summed E-state index contributed by atoms with van der Waals surface area (Å²) < 4.78 is 11.6. The number of hydrogen-bond donors (Lipinski definition) is 0. The fraction of sp³-hybridized carbons (Fsp3) is 0.538. The van der Waals surface area contributed by atoms with Crippen molar-refractivity contribution < 1.29 is 9.47 Å². The molecule has 2 atom stereocenters. The van der Waals surface area contributed by atoms with Crippen molar-refractivity contribution >= 4 is 11.6 Å². The normalized spacial score (nSPS) is 29.6. The topological polar surface area (TPSA) is 18.5 Å². The fourth-order valence-electron chi connectivity index (χ4n) is 2.18. The highest BCUT2D eigenvalue weighted by atomic mass is 35.5. The Morgan fingerprint density at radius 3 is 2.75 bits per heavy atom. The standard InChI is InChI=1S/C13H17ClO2/c1-9-4-5-12(10(2)6-9)13(3)15-8-11(7-14)16-13/h4-6,11H,7-8H2,1-3H3. The molecule has 88 valence electrons. The molecule has 0 amide bonds. The third kappa shape index (κ3) is 2.10. The summed E-state index contributed by atoms with van der Waals surface area (Å²) in [4.78, 5) is 0. The van der Waals surface area contributed by atoms with Gasteiger partial charge in [-0.25, -0.2) is 0 Å². The van der Waals surface area contributed by atoms with E-state index in [1.165, 1.54) is 11.1 Å². The number of aryl methyl sites for hydroxylation is 2. The maximum Gasteiger partial charge on any atom is 0.192 e. The SMILES string of the molecule is Cc1ccc(C2(C)OCC(CCl)O2)c(C)c1. The number of ether oxygens (including phenoxy) is 2. The van der Waals surface area contributed by atoms with Crippen LogP contribution >= 0.6 is 11.6 Å². The van der Waals surface area contributed by atoms with Crippen molar-refractivity contribution in [1.29, 1.82) is 0 Å². The molecule has 16 heavy (non-hydrogen) atoms. The first-order valence-corrected chi connectivity index (χ1v) is 6.04. The van der Waals surface area contributed by atoms with Crippen molar-refractivity contribution in [2.24, 2.45) is 0 Å². The van der Waals surface area contributed by atoms with Crippen LogP contribution in [-0.2, 0) is 15.3 Å². The number of alkyl halides is 1. The molecule has 0 N–H and O–H groups in total.